The Morgan fingerprint density at radius 1 is 1.03 bits per heavy atom. The van der Waals surface area contributed by atoms with E-state index in [0.717, 1.165) is 81.9 Å². The van der Waals surface area contributed by atoms with Gasteiger partial charge in [0.25, 0.3) is 0 Å². The van der Waals surface area contributed by atoms with E-state index < -0.39 is 17.2 Å². The van der Waals surface area contributed by atoms with Crippen molar-refractivity contribution < 1.29 is 22.1 Å². The molecule has 5 nitrogen and oxygen atoms in total. The zero-order valence-corrected chi connectivity index (χ0v) is 20.7. The summed E-state index contributed by atoms with van der Waals surface area (Å²) in [6.45, 7) is 3.73. The van der Waals surface area contributed by atoms with Crippen LogP contribution in [0.3, 0.4) is 0 Å². The number of likely N-dealkylation sites (tertiary alicyclic amines) is 1. The standard InChI is InChI=1S/C28H32F4N4O/c29-24-8-4-6-22(18-24)27(11-1-2-12-27)26-34-25(37-35-26)19-33-13-16-36-14-9-20(10-15-36)21-5-3-7-23(17-21)28(30,31)32/h3-8,17-18,20,33H,1-2,9-16,19H2. The minimum atomic E-state index is -4.31. The van der Waals surface area contributed by atoms with Gasteiger partial charge in [-0.05, 0) is 74.0 Å². The summed E-state index contributed by atoms with van der Waals surface area (Å²) in [6, 6.07) is 12.4. The maximum atomic E-state index is 13.9. The molecule has 0 atom stereocenters. The van der Waals surface area contributed by atoms with Gasteiger partial charge in [0.05, 0.1) is 17.5 Å². The summed E-state index contributed by atoms with van der Waals surface area (Å²) in [7, 11) is 0. The number of benzene rings is 2. The zero-order valence-electron chi connectivity index (χ0n) is 20.7. The van der Waals surface area contributed by atoms with E-state index in [0.29, 0.717) is 18.3 Å². The number of aromatic nitrogens is 2. The second-order valence-electron chi connectivity index (χ2n) is 10.2. The van der Waals surface area contributed by atoms with Crippen LogP contribution in [-0.2, 0) is 18.1 Å². The molecule has 37 heavy (non-hydrogen) atoms. The third-order valence-corrected chi connectivity index (χ3v) is 7.88. The van der Waals surface area contributed by atoms with E-state index in [2.05, 4.69) is 20.4 Å². The number of alkyl halides is 3. The first kappa shape index (κ1) is 25.9. The molecule has 1 N–H and O–H groups in total. The molecule has 1 saturated heterocycles. The Morgan fingerprint density at radius 2 is 1.78 bits per heavy atom. The summed E-state index contributed by atoms with van der Waals surface area (Å²) in [5.74, 6) is 1.04. The van der Waals surface area contributed by atoms with E-state index in [1.165, 1.54) is 18.2 Å². The second kappa shape index (κ2) is 10.9. The van der Waals surface area contributed by atoms with Gasteiger partial charge < -0.3 is 14.7 Å². The highest BCUT2D eigenvalue weighted by atomic mass is 19.4. The van der Waals surface area contributed by atoms with Crippen molar-refractivity contribution in [3.05, 3.63) is 82.8 Å². The van der Waals surface area contributed by atoms with Crippen LogP contribution in [0.15, 0.2) is 53.1 Å². The van der Waals surface area contributed by atoms with Crippen LogP contribution >= 0.6 is 0 Å². The average Bonchev–Trinajstić information content (AvgIpc) is 3.58. The molecule has 2 aliphatic rings. The Hall–Kier alpha value is -2.78. The molecule has 0 unspecified atom stereocenters. The summed E-state index contributed by atoms with van der Waals surface area (Å²) in [5, 5.41) is 7.63. The van der Waals surface area contributed by atoms with E-state index in [1.54, 1.807) is 18.2 Å². The first-order valence-corrected chi connectivity index (χ1v) is 13.0. The van der Waals surface area contributed by atoms with Crippen molar-refractivity contribution in [2.24, 2.45) is 0 Å². The molecule has 0 spiro atoms. The SMILES string of the molecule is Fc1cccc(C2(c3noc(CNCCN4CCC(c5cccc(C(F)(F)F)c5)CC4)n3)CCCC2)c1. The van der Waals surface area contributed by atoms with E-state index in [-0.39, 0.29) is 11.7 Å². The number of halogens is 4. The highest BCUT2D eigenvalue weighted by molar-refractivity contribution is 5.34. The molecule has 1 aromatic heterocycles. The first-order chi connectivity index (χ1) is 17.8. The van der Waals surface area contributed by atoms with Crippen LogP contribution in [0, 0.1) is 5.82 Å². The number of rotatable bonds is 8. The van der Waals surface area contributed by atoms with Gasteiger partial charge in [-0.15, -0.1) is 0 Å². The first-order valence-electron chi connectivity index (χ1n) is 13.0. The van der Waals surface area contributed by atoms with E-state index >= 15 is 0 Å². The molecule has 3 aromatic rings. The van der Waals surface area contributed by atoms with Gasteiger partial charge in [0.2, 0.25) is 5.89 Å². The van der Waals surface area contributed by atoms with E-state index in [9.17, 15) is 17.6 Å². The van der Waals surface area contributed by atoms with Gasteiger partial charge >= 0.3 is 6.18 Å². The summed E-state index contributed by atoms with van der Waals surface area (Å²) >= 11 is 0. The fourth-order valence-electron chi connectivity index (χ4n) is 5.82. The lowest BCUT2D eigenvalue weighted by Gasteiger charge is -2.32. The van der Waals surface area contributed by atoms with Gasteiger partial charge in [0, 0.05) is 13.1 Å². The summed E-state index contributed by atoms with van der Waals surface area (Å²) in [6.07, 6.45) is 1.22. The molecule has 198 valence electrons. The van der Waals surface area contributed by atoms with Crippen molar-refractivity contribution in [1.29, 1.82) is 0 Å². The van der Waals surface area contributed by atoms with Gasteiger partial charge in [-0.2, -0.15) is 18.2 Å². The monoisotopic (exact) mass is 516 g/mol. The van der Waals surface area contributed by atoms with Crippen molar-refractivity contribution >= 4 is 0 Å². The fourth-order valence-corrected chi connectivity index (χ4v) is 5.82. The topological polar surface area (TPSA) is 54.2 Å². The van der Waals surface area contributed by atoms with Gasteiger partial charge in [-0.3, -0.25) is 0 Å². The molecule has 9 heteroatoms. The van der Waals surface area contributed by atoms with Gasteiger partial charge in [-0.1, -0.05) is 48.3 Å². The number of piperidine rings is 1. The predicted molar refractivity (Wildman–Crippen MR) is 132 cm³/mol. The summed E-state index contributed by atoms with van der Waals surface area (Å²) < 4.78 is 58.6. The largest absolute Gasteiger partial charge is 0.416 e. The van der Waals surface area contributed by atoms with Crippen molar-refractivity contribution in [3.8, 4) is 0 Å². The third kappa shape index (κ3) is 5.88. The van der Waals surface area contributed by atoms with Crippen LogP contribution in [0.4, 0.5) is 17.6 Å². The van der Waals surface area contributed by atoms with E-state index in [1.807, 2.05) is 6.07 Å². The fraction of sp³-hybridized carbons (Fsp3) is 0.500. The van der Waals surface area contributed by atoms with Crippen LogP contribution in [0.2, 0.25) is 0 Å². The van der Waals surface area contributed by atoms with Crippen molar-refractivity contribution in [2.75, 3.05) is 26.2 Å². The Labute approximate surface area is 214 Å². The van der Waals surface area contributed by atoms with Gasteiger partial charge in [-0.25, -0.2) is 4.39 Å². The smallest absolute Gasteiger partial charge is 0.338 e. The number of hydrogen-bond donors (Lipinski definition) is 1. The molecule has 1 aliphatic carbocycles. The quantitative estimate of drug-likeness (QED) is 0.292. The Kier molecular flexibility index (Phi) is 7.62. The average molecular weight is 517 g/mol. The molecular weight excluding hydrogens is 484 g/mol. The number of nitrogens with one attached hydrogen (secondary N) is 1. The van der Waals surface area contributed by atoms with Crippen molar-refractivity contribution in [3.63, 3.8) is 0 Å². The lowest BCUT2D eigenvalue weighted by atomic mass is 9.78. The normalized spacial score (nSPS) is 18.9. The summed E-state index contributed by atoms with van der Waals surface area (Å²) in [5.41, 5.74) is 0.709. The predicted octanol–water partition coefficient (Wildman–Crippen LogP) is 6.06. The Morgan fingerprint density at radius 3 is 2.51 bits per heavy atom. The molecule has 1 aliphatic heterocycles. The van der Waals surface area contributed by atoms with Crippen molar-refractivity contribution in [2.45, 2.75) is 62.6 Å². The van der Waals surface area contributed by atoms with E-state index in [4.69, 9.17) is 4.52 Å². The lowest BCUT2D eigenvalue weighted by Crippen LogP contribution is -2.37. The zero-order chi connectivity index (χ0) is 25.9. The molecule has 1 saturated carbocycles. The highest BCUT2D eigenvalue weighted by Gasteiger charge is 2.41. The lowest BCUT2D eigenvalue weighted by molar-refractivity contribution is -0.137. The molecule has 2 aromatic carbocycles. The third-order valence-electron chi connectivity index (χ3n) is 7.88. The maximum absolute atomic E-state index is 13.9. The number of hydrogen-bond acceptors (Lipinski definition) is 5. The molecule has 0 bridgehead atoms. The molecule has 0 radical (unpaired) electrons. The molecule has 2 fully saturated rings. The second-order valence-corrected chi connectivity index (χ2v) is 10.2. The molecule has 2 heterocycles. The van der Waals surface area contributed by atoms with Crippen LogP contribution in [-0.4, -0.2) is 41.2 Å². The van der Waals surface area contributed by atoms with Gasteiger partial charge in [0.1, 0.15) is 5.82 Å². The summed E-state index contributed by atoms with van der Waals surface area (Å²) in [4.78, 5) is 6.99. The van der Waals surface area contributed by atoms with Gasteiger partial charge in [0.15, 0.2) is 5.82 Å². The maximum Gasteiger partial charge on any atom is 0.416 e. The Bertz CT molecular complexity index is 1180. The molecule has 0 amide bonds. The highest BCUT2D eigenvalue weighted by Crippen LogP contribution is 2.45. The van der Waals surface area contributed by atoms with Crippen LogP contribution < -0.4 is 5.32 Å². The van der Waals surface area contributed by atoms with Crippen LogP contribution in [0.25, 0.3) is 0 Å². The minimum absolute atomic E-state index is 0.157. The van der Waals surface area contributed by atoms with Crippen LogP contribution in [0.1, 0.15) is 72.8 Å². The molecular formula is C28H32F4N4O. The van der Waals surface area contributed by atoms with Crippen LogP contribution in [0.5, 0.6) is 0 Å². The Balaban J connectivity index is 1.09. The minimum Gasteiger partial charge on any atom is -0.338 e. The molecule has 5 rings (SSSR count). The van der Waals surface area contributed by atoms with Crippen molar-refractivity contribution in [1.82, 2.24) is 20.4 Å². The number of nitrogens with zero attached hydrogens (tertiary/aromatic N) is 3.